The van der Waals surface area contributed by atoms with Crippen LogP contribution in [0.15, 0.2) is 59.1 Å². The fourth-order valence-electron chi connectivity index (χ4n) is 3.23. The Morgan fingerprint density at radius 1 is 1.14 bits per heavy atom. The minimum absolute atomic E-state index is 0.219. The lowest BCUT2D eigenvalue weighted by Gasteiger charge is -2.13. The van der Waals surface area contributed by atoms with Crippen molar-refractivity contribution in [3.05, 3.63) is 82.1 Å². The number of nitrogens with one attached hydrogen (secondary N) is 2. The Morgan fingerprint density at radius 2 is 1.89 bits per heavy atom. The number of hydrogen-bond donors (Lipinski definition) is 2. The number of amides is 1. The number of allylic oxidation sites excluding steroid dienone is 1. The topological polar surface area (TPSA) is 100 Å². The third kappa shape index (κ3) is 5.65. The summed E-state index contributed by atoms with van der Waals surface area (Å²) in [7, 11) is 1.45. The van der Waals surface area contributed by atoms with Crippen molar-refractivity contribution in [3.63, 3.8) is 0 Å². The Hall–Kier alpha value is -4.23. The number of nitrogens with zero attached hydrogens (tertiary/aromatic N) is 2. The number of carbonyl (C=O) groups is 1. The molecule has 0 fully saturated rings. The number of methoxy groups -OCH3 is 1. The molecule has 10 heteroatoms. The van der Waals surface area contributed by atoms with Crippen molar-refractivity contribution in [3.8, 4) is 17.6 Å². The largest absolute Gasteiger partial charge is 0.493 e. The Balaban J connectivity index is 1.54. The van der Waals surface area contributed by atoms with E-state index in [1.807, 2.05) is 0 Å². The highest BCUT2D eigenvalue weighted by atomic mass is 79.9. The third-order valence-electron chi connectivity index (χ3n) is 4.89. The Bertz CT molecular complexity index is 1480. The van der Waals surface area contributed by atoms with Gasteiger partial charge in [-0.3, -0.25) is 4.79 Å². The summed E-state index contributed by atoms with van der Waals surface area (Å²) >= 11 is 3.45. The van der Waals surface area contributed by atoms with Gasteiger partial charge in [0.15, 0.2) is 18.1 Å². The van der Waals surface area contributed by atoms with Gasteiger partial charge in [-0.25, -0.2) is 13.8 Å². The van der Waals surface area contributed by atoms with Crippen LogP contribution in [0, 0.1) is 23.0 Å². The zero-order valence-electron chi connectivity index (χ0n) is 18.2. The summed E-state index contributed by atoms with van der Waals surface area (Å²) < 4.78 is 38.1. The van der Waals surface area contributed by atoms with Crippen molar-refractivity contribution in [2.75, 3.05) is 19.0 Å². The predicted octanol–water partition coefficient (Wildman–Crippen LogP) is 5.69. The van der Waals surface area contributed by atoms with Crippen LogP contribution in [0.3, 0.4) is 0 Å². The molecule has 0 aliphatic rings. The van der Waals surface area contributed by atoms with Crippen molar-refractivity contribution in [2.45, 2.75) is 0 Å². The van der Waals surface area contributed by atoms with Gasteiger partial charge < -0.3 is 19.8 Å². The summed E-state index contributed by atoms with van der Waals surface area (Å²) in [4.78, 5) is 19.5. The van der Waals surface area contributed by atoms with E-state index in [-0.39, 0.29) is 18.0 Å². The molecular weight excluding hydrogens is 522 g/mol. The van der Waals surface area contributed by atoms with Crippen molar-refractivity contribution in [1.29, 1.82) is 5.26 Å². The van der Waals surface area contributed by atoms with Gasteiger partial charge in [-0.15, -0.1) is 0 Å². The molecular formula is C25H17BrF2N4O3. The molecule has 1 amide bonds. The molecule has 1 heterocycles. The highest BCUT2D eigenvalue weighted by molar-refractivity contribution is 9.10. The number of benzene rings is 3. The summed E-state index contributed by atoms with van der Waals surface area (Å²) in [6.45, 7) is -0.311. The van der Waals surface area contributed by atoms with Crippen LogP contribution in [0.1, 0.15) is 11.4 Å². The van der Waals surface area contributed by atoms with Crippen LogP contribution in [-0.2, 0) is 4.79 Å². The predicted molar refractivity (Wildman–Crippen MR) is 131 cm³/mol. The molecule has 0 unspecified atom stereocenters. The molecule has 0 saturated heterocycles. The molecule has 7 nitrogen and oxygen atoms in total. The molecule has 0 atom stereocenters. The monoisotopic (exact) mass is 538 g/mol. The number of carbonyl (C=O) groups excluding carboxylic acids is 1. The number of imidazole rings is 1. The second-order valence-electron chi connectivity index (χ2n) is 7.29. The first-order valence-corrected chi connectivity index (χ1v) is 11.0. The number of ether oxygens (including phenoxy) is 2. The van der Waals surface area contributed by atoms with Gasteiger partial charge in [0.25, 0.3) is 5.91 Å². The quantitative estimate of drug-likeness (QED) is 0.294. The van der Waals surface area contributed by atoms with Gasteiger partial charge in [-0.2, -0.15) is 5.26 Å². The summed E-state index contributed by atoms with van der Waals surface area (Å²) in [5, 5.41) is 12.3. The van der Waals surface area contributed by atoms with Crippen molar-refractivity contribution in [1.82, 2.24) is 9.97 Å². The zero-order chi connectivity index (χ0) is 24.9. The number of rotatable bonds is 7. The summed E-state index contributed by atoms with van der Waals surface area (Å²) in [5.74, 6) is -0.341. The number of aromatic nitrogens is 2. The number of hydrogen-bond acceptors (Lipinski definition) is 5. The zero-order valence-corrected chi connectivity index (χ0v) is 19.8. The van der Waals surface area contributed by atoms with Gasteiger partial charge in [-0.1, -0.05) is 15.9 Å². The van der Waals surface area contributed by atoms with Crippen LogP contribution in [0.2, 0.25) is 0 Å². The van der Waals surface area contributed by atoms with Crippen molar-refractivity contribution >= 4 is 50.2 Å². The molecule has 3 aromatic carbocycles. The van der Waals surface area contributed by atoms with E-state index < -0.39 is 17.5 Å². The van der Waals surface area contributed by atoms with E-state index >= 15 is 0 Å². The first-order chi connectivity index (χ1) is 16.9. The van der Waals surface area contributed by atoms with Crippen LogP contribution in [-0.4, -0.2) is 29.6 Å². The van der Waals surface area contributed by atoms with E-state index in [1.165, 1.54) is 49.6 Å². The van der Waals surface area contributed by atoms with E-state index in [0.29, 0.717) is 38.3 Å². The molecule has 0 aliphatic heterocycles. The molecule has 176 valence electrons. The normalized spacial score (nSPS) is 11.2. The van der Waals surface area contributed by atoms with E-state index in [2.05, 4.69) is 37.3 Å². The average Bonchev–Trinajstić information content (AvgIpc) is 3.26. The van der Waals surface area contributed by atoms with Gasteiger partial charge in [0.1, 0.15) is 23.5 Å². The van der Waals surface area contributed by atoms with Crippen LogP contribution >= 0.6 is 15.9 Å². The average molecular weight is 539 g/mol. The second-order valence-corrected chi connectivity index (χ2v) is 8.14. The van der Waals surface area contributed by atoms with E-state index in [4.69, 9.17) is 9.47 Å². The number of halogens is 3. The lowest BCUT2D eigenvalue weighted by Crippen LogP contribution is -2.20. The fraction of sp³-hybridized carbons (Fsp3) is 0.0800. The van der Waals surface area contributed by atoms with Gasteiger partial charge in [0, 0.05) is 10.2 Å². The maximum Gasteiger partial charge on any atom is 0.262 e. The number of anilines is 1. The summed E-state index contributed by atoms with van der Waals surface area (Å²) in [6, 6.07) is 14.8. The molecule has 0 radical (unpaired) electrons. The maximum atomic E-state index is 13.5. The first kappa shape index (κ1) is 23.9. The lowest BCUT2D eigenvalue weighted by molar-refractivity contribution is -0.118. The van der Waals surface area contributed by atoms with E-state index in [1.54, 1.807) is 18.2 Å². The molecule has 1 aromatic heterocycles. The standard InChI is InChI=1S/C25H17BrF2N4O3/c1-34-22-9-14(8-15(12-29)25-31-20-7-4-17(28)10-21(20)32-25)19(26)11-23(22)35-13-24(33)30-18-5-2-16(27)3-6-18/h2-11H,13H2,1H3,(H,30,33)(H,31,32)/b15-8-. The maximum absolute atomic E-state index is 13.5. The SMILES string of the molecule is COc1cc(/C=C(/C#N)c2nc3ccc(F)cc3[nH]2)c(Br)cc1OCC(=O)Nc1ccc(F)cc1. The van der Waals surface area contributed by atoms with Crippen LogP contribution in [0.25, 0.3) is 22.7 Å². The minimum Gasteiger partial charge on any atom is -0.493 e. The molecule has 4 aromatic rings. The van der Waals surface area contributed by atoms with Crippen LogP contribution < -0.4 is 14.8 Å². The number of nitriles is 1. The van der Waals surface area contributed by atoms with E-state index in [0.717, 1.165) is 0 Å². The number of aromatic amines is 1. The number of fused-ring (bicyclic) bond motifs is 1. The number of H-pyrrole nitrogens is 1. The lowest BCUT2D eigenvalue weighted by atomic mass is 10.1. The molecule has 2 N–H and O–H groups in total. The van der Waals surface area contributed by atoms with Crippen molar-refractivity contribution < 1.29 is 23.0 Å². The van der Waals surface area contributed by atoms with Gasteiger partial charge in [0.2, 0.25) is 0 Å². The molecule has 35 heavy (non-hydrogen) atoms. The second kappa shape index (κ2) is 10.4. The smallest absolute Gasteiger partial charge is 0.262 e. The van der Waals surface area contributed by atoms with E-state index in [9.17, 15) is 18.8 Å². The molecule has 0 aliphatic carbocycles. The third-order valence-corrected chi connectivity index (χ3v) is 5.58. The minimum atomic E-state index is -0.438. The summed E-state index contributed by atoms with van der Waals surface area (Å²) in [6.07, 6.45) is 1.59. The summed E-state index contributed by atoms with van der Waals surface area (Å²) in [5.41, 5.74) is 2.25. The Morgan fingerprint density at radius 3 is 2.60 bits per heavy atom. The van der Waals surface area contributed by atoms with Crippen molar-refractivity contribution in [2.24, 2.45) is 0 Å². The van der Waals surface area contributed by atoms with Crippen LogP contribution in [0.5, 0.6) is 11.5 Å². The molecule has 4 rings (SSSR count). The molecule has 0 spiro atoms. The van der Waals surface area contributed by atoms with Gasteiger partial charge in [-0.05, 0) is 66.2 Å². The Labute approximate surface area is 207 Å². The molecule has 0 saturated carbocycles. The Kier molecular flexibility index (Phi) is 7.08. The fourth-order valence-corrected chi connectivity index (χ4v) is 3.66. The van der Waals surface area contributed by atoms with Gasteiger partial charge in [0.05, 0.1) is 23.7 Å². The molecule has 0 bridgehead atoms. The highest BCUT2D eigenvalue weighted by Crippen LogP contribution is 2.35. The van der Waals surface area contributed by atoms with Gasteiger partial charge >= 0.3 is 0 Å². The van der Waals surface area contributed by atoms with Crippen LogP contribution in [0.4, 0.5) is 14.5 Å². The highest BCUT2D eigenvalue weighted by Gasteiger charge is 2.14. The first-order valence-electron chi connectivity index (χ1n) is 10.2.